The third kappa shape index (κ3) is 3.80. The van der Waals surface area contributed by atoms with Crippen molar-refractivity contribution in [2.75, 3.05) is 6.54 Å². The number of benzene rings is 1. The Morgan fingerprint density at radius 1 is 1.31 bits per heavy atom. The lowest BCUT2D eigenvalue weighted by Crippen LogP contribution is -2.33. The number of hydrogen-bond donors (Lipinski definition) is 1. The molecule has 2 atom stereocenters. The first-order valence-electron chi connectivity index (χ1n) is 6.17. The Labute approximate surface area is 104 Å². The fourth-order valence-corrected chi connectivity index (χ4v) is 2.23. The van der Waals surface area contributed by atoms with Crippen LogP contribution < -0.4 is 5.32 Å². The van der Waals surface area contributed by atoms with Gasteiger partial charge in [0.1, 0.15) is 0 Å². The van der Waals surface area contributed by atoms with Crippen LogP contribution in [0.15, 0.2) is 24.3 Å². The standard InChI is InChI=1S/C14H22ClN/c1-4-9-16-14(5-2)11(3)12-7-6-8-13(15)10-12/h6-8,10-11,14,16H,4-5,9H2,1-3H3. The molecule has 1 N–H and O–H groups in total. The maximum atomic E-state index is 6.02. The zero-order valence-corrected chi connectivity index (χ0v) is 11.2. The lowest BCUT2D eigenvalue weighted by atomic mass is 9.91. The number of nitrogens with one attached hydrogen (secondary N) is 1. The number of rotatable bonds is 6. The van der Waals surface area contributed by atoms with E-state index in [0.717, 1.165) is 18.0 Å². The highest BCUT2D eigenvalue weighted by atomic mass is 35.5. The molecule has 0 aromatic heterocycles. The Morgan fingerprint density at radius 2 is 2.06 bits per heavy atom. The van der Waals surface area contributed by atoms with Gasteiger partial charge in [0.2, 0.25) is 0 Å². The number of hydrogen-bond acceptors (Lipinski definition) is 1. The molecule has 2 heteroatoms. The van der Waals surface area contributed by atoms with Gasteiger partial charge in [-0.1, -0.05) is 44.5 Å². The molecule has 0 fully saturated rings. The maximum absolute atomic E-state index is 6.02. The Morgan fingerprint density at radius 3 is 2.62 bits per heavy atom. The van der Waals surface area contributed by atoms with Crippen LogP contribution in [0.5, 0.6) is 0 Å². The predicted octanol–water partition coefficient (Wildman–Crippen LogP) is 4.22. The molecule has 0 radical (unpaired) electrons. The van der Waals surface area contributed by atoms with Gasteiger partial charge < -0.3 is 5.32 Å². The Balaban J connectivity index is 2.70. The Hall–Kier alpha value is -0.530. The van der Waals surface area contributed by atoms with Gasteiger partial charge in [0.15, 0.2) is 0 Å². The molecule has 0 bridgehead atoms. The first-order valence-corrected chi connectivity index (χ1v) is 6.55. The van der Waals surface area contributed by atoms with Crippen molar-refractivity contribution in [1.82, 2.24) is 5.32 Å². The molecule has 1 rings (SSSR count). The minimum atomic E-state index is 0.509. The van der Waals surface area contributed by atoms with Gasteiger partial charge in [-0.25, -0.2) is 0 Å². The molecule has 0 heterocycles. The summed E-state index contributed by atoms with van der Waals surface area (Å²) in [6.45, 7) is 7.78. The van der Waals surface area contributed by atoms with Crippen LogP contribution in [-0.2, 0) is 0 Å². The summed E-state index contributed by atoms with van der Waals surface area (Å²) in [6.07, 6.45) is 2.33. The lowest BCUT2D eigenvalue weighted by molar-refractivity contribution is 0.438. The third-order valence-corrected chi connectivity index (χ3v) is 3.31. The van der Waals surface area contributed by atoms with E-state index in [0.29, 0.717) is 12.0 Å². The molecule has 0 spiro atoms. The maximum Gasteiger partial charge on any atom is 0.0408 e. The minimum absolute atomic E-state index is 0.509. The summed E-state index contributed by atoms with van der Waals surface area (Å²) in [7, 11) is 0. The van der Waals surface area contributed by atoms with E-state index in [2.05, 4.69) is 38.2 Å². The summed E-state index contributed by atoms with van der Waals surface area (Å²) in [4.78, 5) is 0. The van der Waals surface area contributed by atoms with Crippen molar-refractivity contribution in [2.45, 2.75) is 45.6 Å². The summed E-state index contributed by atoms with van der Waals surface area (Å²) in [5, 5.41) is 4.42. The zero-order chi connectivity index (χ0) is 12.0. The molecule has 0 aliphatic rings. The van der Waals surface area contributed by atoms with Crippen LogP contribution in [0.3, 0.4) is 0 Å². The zero-order valence-electron chi connectivity index (χ0n) is 10.5. The van der Waals surface area contributed by atoms with E-state index in [4.69, 9.17) is 11.6 Å². The summed E-state index contributed by atoms with van der Waals surface area (Å²) in [6, 6.07) is 8.73. The average molecular weight is 240 g/mol. The van der Waals surface area contributed by atoms with Gasteiger partial charge in [-0.2, -0.15) is 0 Å². The highest BCUT2D eigenvalue weighted by molar-refractivity contribution is 6.30. The molecule has 0 saturated heterocycles. The molecule has 2 unspecified atom stereocenters. The van der Waals surface area contributed by atoms with Crippen molar-refractivity contribution in [3.8, 4) is 0 Å². The molecule has 1 nitrogen and oxygen atoms in total. The molecule has 0 aliphatic carbocycles. The fourth-order valence-electron chi connectivity index (χ4n) is 2.03. The molecule has 90 valence electrons. The minimum Gasteiger partial charge on any atom is -0.313 e. The molecule has 0 amide bonds. The molecular weight excluding hydrogens is 218 g/mol. The first kappa shape index (κ1) is 13.5. The van der Waals surface area contributed by atoms with Gasteiger partial charge in [0.25, 0.3) is 0 Å². The van der Waals surface area contributed by atoms with Crippen molar-refractivity contribution in [2.24, 2.45) is 0 Å². The predicted molar refractivity (Wildman–Crippen MR) is 72.2 cm³/mol. The first-order chi connectivity index (χ1) is 7.69. The van der Waals surface area contributed by atoms with Crippen molar-refractivity contribution in [3.63, 3.8) is 0 Å². The largest absolute Gasteiger partial charge is 0.313 e. The van der Waals surface area contributed by atoms with Crippen molar-refractivity contribution in [3.05, 3.63) is 34.9 Å². The third-order valence-electron chi connectivity index (χ3n) is 3.07. The van der Waals surface area contributed by atoms with Gasteiger partial charge in [-0.05, 0) is 43.0 Å². The van der Waals surface area contributed by atoms with Crippen LogP contribution in [-0.4, -0.2) is 12.6 Å². The normalized spacial score (nSPS) is 14.8. The van der Waals surface area contributed by atoms with E-state index in [1.165, 1.54) is 12.0 Å². The van der Waals surface area contributed by atoms with Crippen LogP contribution in [0, 0.1) is 0 Å². The fraction of sp³-hybridized carbons (Fsp3) is 0.571. The van der Waals surface area contributed by atoms with E-state index < -0.39 is 0 Å². The molecule has 16 heavy (non-hydrogen) atoms. The van der Waals surface area contributed by atoms with Crippen molar-refractivity contribution in [1.29, 1.82) is 0 Å². The SMILES string of the molecule is CCCNC(CC)C(C)c1cccc(Cl)c1. The average Bonchev–Trinajstić information content (AvgIpc) is 2.29. The van der Waals surface area contributed by atoms with Crippen LogP contribution in [0.2, 0.25) is 5.02 Å². The topological polar surface area (TPSA) is 12.0 Å². The molecule has 0 aliphatic heterocycles. The molecule has 1 aromatic carbocycles. The molecule has 0 saturated carbocycles. The summed E-state index contributed by atoms with van der Waals surface area (Å²) < 4.78 is 0. The second-order valence-electron chi connectivity index (χ2n) is 4.31. The second kappa shape index (κ2) is 6.93. The van der Waals surface area contributed by atoms with Gasteiger partial charge in [-0.3, -0.25) is 0 Å². The highest BCUT2D eigenvalue weighted by Crippen LogP contribution is 2.23. The monoisotopic (exact) mass is 239 g/mol. The molecule has 1 aromatic rings. The Bertz CT molecular complexity index is 311. The second-order valence-corrected chi connectivity index (χ2v) is 4.75. The van der Waals surface area contributed by atoms with E-state index in [1.54, 1.807) is 0 Å². The Kier molecular flexibility index (Phi) is 5.86. The van der Waals surface area contributed by atoms with Crippen LogP contribution >= 0.6 is 11.6 Å². The van der Waals surface area contributed by atoms with E-state index in [1.807, 2.05) is 12.1 Å². The summed E-state index contributed by atoms with van der Waals surface area (Å²) >= 11 is 6.02. The smallest absolute Gasteiger partial charge is 0.0408 e. The quantitative estimate of drug-likeness (QED) is 0.784. The lowest BCUT2D eigenvalue weighted by Gasteiger charge is -2.24. The van der Waals surface area contributed by atoms with E-state index >= 15 is 0 Å². The van der Waals surface area contributed by atoms with Crippen molar-refractivity contribution >= 4 is 11.6 Å². The summed E-state index contributed by atoms with van der Waals surface area (Å²) in [5.41, 5.74) is 1.32. The van der Waals surface area contributed by atoms with Crippen LogP contribution in [0.4, 0.5) is 0 Å². The van der Waals surface area contributed by atoms with Gasteiger partial charge in [-0.15, -0.1) is 0 Å². The number of halogens is 1. The summed E-state index contributed by atoms with van der Waals surface area (Å²) in [5.74, 6) is 0.509. The highest BCUT2D eigenvalue weighted by Gasteiger charge is 2.16. The van der Waals surface area contributed by atoms with Crippen molar-refractivity contribution < 1.29 is 0 Å². The molecular formula is C14H22ClN. The van der Waals surface area contributed by atoms with Gasteiger partial charge in [0, 0.05) is 11.1 Å². The van der Waals surface area contributed by atoms with E-state index in [9.17, 15) is 0 Å². The van der Waals surface area contributed by atoms with Gasteiger partial charge in [0.05, 0.1) is 0 Å². The van der Waals surface area contributed by atoms with Crippen LogP contribution in [0.1, 0.15) is 45.1 Å². The van der Waals surface area contributed by atoms with E-state index in [-0.39, 0.29) is 0 Å². The van der Waals surface area contributed by atoms with Crippen LogP contribution in [0.25, 0.3) is 0 Å². The van der Waals surface area contributed by atoms with Gasteiger partial charge >= 0.3 is 0 Å².